The lowest BCUT2D eigenvalue weighted by atomic mass is 9.94. The first-order chi connectivity index (χ1) is 16.9. The smallest absolute Gasteiger partial charge is 0.248 e. The molecule has 35 heavy (non-hydrogen) atoms. The molecule has 9 heteroatoms. The van der Waals surface area contributed by atoms with Gasteiger partial charge in [-0.05, 0) is 62.0 Å². The number of nitrogens with two attached hydrogens (primary N) is 1. The zero-order valence-corrected chi connectivity index (χ0v) is 20.4. The number of carbonyl (C=O) groups is 1. The molecule has 2 aliphatic rings. The minimum absolute atomic E-state index is 0.0260. The van der Waals surface area contributed by atoms with Gasteiger partial charge in [-0.15, -0.1) is 0 Å². The van der Waals surface area contributed by atoms with Crippen LogP contribution < -0.4 is 20.8 Å². The number of ether oxygens (including phenoxy) is 1. The number of rotatable bonds is 7. The molecule has 1 amide bonds. The van der Waals surface area contributed by atoms with E-state index in [1.807, 2.05) is 18.3 Å². The van der Waals surface area contributed by atoms with E-state index in [0.717, 1.165) is 53.5 Å². The molecule has 2 unspecified atom stereocenters. The molecule has 0 bridgehead atoms. The van der Waals surface area contributed by atoms with Gasteiger partial charge >= 0.3 is 0 Å². The quantitative estimate of drug-likeness (QED) is 0.541. The molecule has 3 heterocycles. The van der Waals surface area contributed by atoms with Crippen LogP contribution in [-0.2, 0) is 6.42 Å². The summed E-state index contributed by atoms with van der Waals surface area (Å²) in [4.78, 5) is 26.1. The summed E-state index contributed by atoms with van der Waals surface area (Å²) in [6, 6.07) is 11.7. The van der Waals surface area contributed by atoms with E-state index in [2.05, 4.69) is 59.7 Å². The summed E-state index contributed by atoms with van der Waals surface area (Å²) < 4.78 is 6.03. The van der Waals surface area contributed by atoms with E-state index >= 15 is 0 Å². The minimum Gasteiger partial charge on any atom is -0.493 e. The van der Waals surface area contributed by atoms with E-state index in [-0.39, 0.29) is 11.8 Å². The number of hydrogen-bond acceptors (Lipinski definition) is 8. The fourth-order valence-electron chi connectivity index (χ4n) is 4.57. The standard InChI is InChI=1S/C26H31N7O2/c1-32(2)8-9-33(3)26-21-12-16(20-13-28-29-14-20)4-6-22(21)30-25(31-26)19-11-18-10-17(24(27)34)5-7-23(18)35-15-19/h4-7,10,12-13,19-20,29H,8-9,11,14-15H2,1-3H3,(H2,27,34). The van der Waals surface area contributed by atoms with Gasteiger partial charge < -0.3 is 25.7 Å². The number of amides is 1. The fraction of sp³-hybridized carbons (Fsp3) is 0.385. The van der Waals surface area contributed by atoms with Crippen molar-refractivity contribution in [3.8, 4) is 5.75 Å². The van der Waals surface area contributed by atoms with Crippen molar-refractivity contribution in [3.63, 3.8) is 0 Å². The van der Waals surface area contributed by atoms with Crippen molar-refractivity contribution in [2.45, 2.75) is 18.3 Å². The molecule has 2 aliphatic heterocycles. The maximum atomic E-state index is 11.7. The number of carbonyl (C=O) groups excluding carboxylic acids is 1. The first kappa shape index (κ1) is 23.0. The largest absolute Gasteiger partial charge is 0.493 e. The number of likely N-dealkylation sites (N-methyl/N-ethyl adjacent to an activating group) is 2. The SMILES string of the molecule is CN(C)CCN(C)c1nc(C2COc3ccc(C(N)=O)cc3C2)nc2ccc(C3C=NNC3)cc12. The molecule has 0 spiro atoms. The van der Waals surface area contributed by atoms with Gasteiger partial charge in [0.1, 0.15) is 17.4 Å². The zero-order valence-electron chi connectivity index (χ0n) is 20.4. The molecule has 0 aliphatic carbocycles. The average molecular weight is 474 g/mol. The highest BCUT2D eigenvalue weighted by atomic mass is 16.5. The number of fused-ring (bicyclic) bond motifs is 2. The van der Waals surface area contributed by atoms with Gasteiger partial charge in [0, 0.05) is 49.8 Å². The molecule has 9 nitrogen and oxygen atoms in total. The second-order valence-electron chi connectivity index (χ2n) is 9.55. The lowest BCUT2D eigenvalue weighted by molar-refractivity contribution is 0.1000. The van der Waals surface area contributed by atoms with E-state index in [0.29, 0.717) is 18.6 Å². The molecular formula is C26H31N7O2. The highest BCUT2D eigenvalue weighted by molar-refractivity contribution is 5.93. The summed E-state index contributed by atoms with van der Waals surface area (Å²) >= 11 is 0. The van der Waals surface area contributed by atoms with Crippen molar-refractivity contribution in [1.29, 1.82) is 0 Å². The van der Waals surface area contributed by atoms with E-state index < -0.39 is 5.91 Å². The normalized spacial score (nSPS) is 18.9. The Morgan fingerprint density at radius 2 is 2.00 bits per heavy atom. The number of anilines is 1. The molecule has 2 aromatic carbocycles. The van der Waals surface area contributed by atoms with E-state index in [1.165, 1.54) is 5.56 Å². The molecule has 2 atom stereocenters. The van der Waals surface area contributed by atoms with Crippen molar-refractivity contribution < 1.29 is 9.53 Å². The number of nitrogens with zero attached hydrogens (tertiary/aromatic N) is 5. The highest BCUT2D eigenvalue weighted by Crippen LogP contribution is 2.34. The Balaban J connectivity index is 1.53. The maximum absolute atomic E-state index is 11.7. The van der Waals surface area contributed by atoms with Crippen molar-refractivity contribution in [3.05, 3.63) is 58.9 Å². The fourth-order valence-corrected chi connectivity index (χ4v) is 4.57. The Bertz CT molecular complexity index is 1290. The van der Waals surface area contributed by atoms with Crippen LogP contribution >= 0.6 is 0 Å². The van der Waals surface area contributed by atoms with Crippen LogP contribution in [0.1, 0.15) is 39.1 Å². The predicted octanol–water partition coefficient (Wildman–Crippen LogP) is 2.12. The van der Waals surface area contributed by atoms with Crippen LogP contribution in [0.15, 0.2) is 41.5 Å². The summed E-state index contributed by atoms with van der Waals surface area (Å²) in [5.41, 5.74) is 12.1. The van der Waals surface area contributed by atoms with E-state index in [1.54, 1.807) is 6.07 Å². The molecule has 1 aromatic heterocycles. The Morgan fingerprint density at radius 1 is 1.14 bits per heavy atom. The third kappa shape index (κ3) is 4.77. The Morgan fingerprint density at radius 3 is 2.74 bits per heavy atom. The number of hydrogen-bond donors (Lipinski definition) is 2. The topological polar surface area (TPSA) is 109 Å². The monoisotopic (exact) mass is 473 g/mol. The van der Waals surface area contributed by atoms with E-state index in [9.17, 15) is 4.79 Å². The molecule has 5 rings (SSSR count). The number of benzene rings is 2. The number of hydrazone groups is 1. The van der Waals surface area contributed by atoms with Gasteiger partial charge in [0.05, 0.1) is 18.0 Å². The van der Waals surface area contributed by atoms with Gasteiger partial charge in [0.25, 0.3) is 0 Å². The first-order valence-corrected chi connectivity index (χ1v) is 11.9. The lowest BCUT2D eigenvalue weighted by Crippen LogP contribution is -2.30. The van der Waals surface area contributed by atoms with E-state index in [4.69, 9.17) is 20.4 Å². The summed E-state index contributed by atoms with van der Waals surface area (Å²) in [7, 11) is 6.21. The van der Waals surface area contributed by atoms with Gasteiger partial charge in [-0.2, -0.15) is 5.10 Å². The molecule has 182 valence electrons. The highest BCUT2D eigenvalue weighted by Gasteiger charge is 2.26. The van der Waals surface area contributed by atoms with Crippen LogP contribution in [0, 0.1) is 0 Å². The molecule has 3 N–H and O–H groups in total. The van der Waals surface area contributed by atoms with Crippen LogP contribution in [0.25, 0.3) is 10.9 Å². The average Bonchev–Trinajstić information content (AvgIpc) is 3.40. The van der Waals surface area contributed by atoms with Crippen molar-refractivity contribution in [1.82, 2.24) is 20.3 Å². The molecule has 0 radical (unpaired) electrons. The maximum Gasteiger partial charge on any atom is 0.248 e. The first-order valence-electron chi connectivity index (χ1n) is 11.9. The molecular weight excluding hydrogens is 442 g/mol. The van der Waals surface area contributed by atoms with Gasteiger partial charge in [-0.25, -0.2) is 9.97 Å². The molecule has 0 fully saturated rings. The summed E-state index contributed by atoms with van der Waals surface area (Å²) in [5.74, 6) is 2.21. The summed E-state index contributed by atoms with van der Waals surface area (Å²) in [6.07, 6.45) is 2.63. The minimum atomic E-state index is -0.444. The molecule has 0 saturated heterocycles. The Kier molecular flexibility index (Phi) is 6.25. The van der Waals surface area contributed by atoms with Crippen molar-refractivity contribution in [2.24, 2.45) is 10.8 Å². The van der Waals surface area contributed by atoms with Crippen molar-refractivity contribution >= 4 is 28.8 Å². The molecule has 3 aromatic rings. The van der Waals surface area contributed by atoms with Crippen LogP contribution in [0.2, 0.25) is 0 Å². The van der Waals surface area contributed by atoms with Crippen LogP contribution in [0.4, 0.5) is 5.82 Å². The lowest BCUT2D eigenvalue weighted by Gasteiger charge is -2.27. The second-order valence-corrected chi connectivity index (χ2v) is 9.55. The van der Waals surface area contributed by atoms with Crippen LogP contribution in [-0.4, -0.2) is 74.4 Å². The second kappa shape index (κ2) is 9.50. The number of aromatic nitrogens is 2. The predicted molar refractivity (Wildman–Crippen MR) is 137 cm³/mol. The van der Waals surface area contributed by atoms with Crippen LogP contribution in [0.5, 0.6) is 5.75 Å². The van der Waals surface area contributed by atoms with Crippen LogP contribution in [0.3, 0.4) is 0 Å². The summed E-state index contributed by atoms with van der Waals surface area (Å²) in [6.45, 7) is 3.02. The zero-order chi connectivity index (χ0) is 24.5. The third-order valence-electron chi connectivity index (χ3n) is 6.66. The Hall–Kier alpha value is -3.72. The summed E-state index contributed by atoms with van der Waals surface area (Å²) in [5, 5.41) is 5.20. The van der Waals surface area contributed by atoms with Crippen molar-refractivity contribution in [2.75, 3.05) is 52.3 Å². The van der Waals surface area contributed by atoms with Gasteiger partial charge in [-0.3, -0.25) is 4.79 Å². The van der Waals surface area contributed by atoms with Gasteiger partial charge in [0.2, 0.25) is 5.91 Å². The third-order valence-corrected chi connectivity index (χ3v) is 6.66. The number of nitrogens with one attached hydrogen (secondary N) is 1. The van der Waals surface area contributed by atoms with Gasteiger partial charge in [0.15, 0.2) is 0 Å². The molecule has 0 saturated carbocycles. The van der Waals surface area contributed by atoms with Gasteiger partial charge in [-0.1, -0.05) is 6.07 Å². The Labute approximate surface area is 205 Å². The number of primary amides is 1.